The van der Waals surface area contributed by atoms with Gasteiger partial charge in [-0.3, -0.25) is 9.59 Å². The normalized spacial score (nSPS) is 12.1. The van der Waals surface area contributed by atoms with Crippen LogP contribution in [0.5, 0.6) is 0 Å². The summed E-state index contributed by atoms with van der Waals surface area (Å²) in [6.45, 7) is 9.11. The van der Waals surface area contributed by atoms with Gasteiger partial charge in [0.1, 0.15) is 0 Å². The molecule has 7 heteroatoms. The van der Waals surface area contributed by atoms with Crippen LogP contribution in [0.4, 0.5) is 0 Å². The van der Waals surface area contributed by atoms with Gasteiger partial charge in [0.05, 0.1) is 0 Å². The lowest BCUT2D eigenvalue weighted by molar-refractivity contribution is -0.155. The number of ether oxygens (including phenoxy) is 1. The first-order chi connectivity index (χ1) is 10.7. The number of nitrogens with zero attached hydrogens (tertiary/aromatic N) is 2. The average Bonchev–Trinajstić information content (AvgIpc) is 2.45. The molecule has 0 aromatic carbocycles. The molecule has 128 valence electrons. The van der Waals surface area contributed by atoms with E-state index in [1.54, 1.807) is 6.92 Å². The van der Waals surface area contributed by atoms with Crippen LogP contribution < -0.4 is 5.32 Å². The Morgan fingerprint density at radius 3 is 2.22 bits per heavy atom. The van der Waals surface area contributed by atoms with Gasteiger partial charge < -0.3 is 10.1 Å². The molecular weight excluding hydrogens is 314 g/mol. The van der Waals surface area contributed by atoms with E-state index in [9.17, 15) is 9.59 Å². The molecule has 0 fully saturated rings. The van der Waals surface area contributed by atoms with E-state index in [0.29, 0.717) is 6.42 Å². The fraction of sp³-hybridized carbons (Fsp3) is 0.625. The Morgan fingerprint density at radius 1 is 1.17 bits per heavy atom. The number of rotatable bonds is 7. The van der Waals surface area contributed by atoms with Crippen LogP contribution >= 0.6 is 11.8 Å². The molecule has 6 nitrogen and oxygen atoms in total. The maximum atomic E-state index is 11.9. The first-order valence-corrected chi connectivity index (χ1v) is 8.85. The van der Waals surface area contributed by atoms with Gasteiger partial charge >= 0.3 is 5.97 Å². The van der Waals surface area contributed by atoms with E-state index < -0.39 is 12.1 Å². The Hall–Kier alpha value is -1.63. The molecule has 1 N–H and O–H groups in total. The van der Waals surface area contributed by atoms with Gasteiger partial charge in [0.25, 0.3) is 5.91 Å². The Morgan fingerprint density at radius 2 is 1.74 bits per heavy atom. The Bertz CT molecular complexity index is 553. The topological polar surface area (TPSA) is 81.2 Å². The maximum Gasteiger partial charge on any atom is 0.306 e. The molecule has 0 bridgehead atoms. The summed E-state index contributed by atoms with van der Waals surface area (Å²) in [5.74, 6) is -0.683. The Kier molecular flexibility index (Phi) is 7.48. The Labute approximate surface area is 141 Å². The predicted octanol–water partition coefficient (Wildman–Crippen LogP) is 2.20. The fourth-order valence-corrected chi connectivity index (χ4v) is 2.56. The number of nitrogens with one attached hydrogen (secondary N) is 1. The third-order valence-electron chi connectivity index (χ3n) is 3.27. The lowest BCUT2D eigenvalue weighted by Crippen LogP contribution is -2.39. The van der Waals surface area contributed by atoms with Crippen molar-refractivity contribution in [2.45, 2.75) is 64.8 Å². The molecule has 1 rings (SSSR count). The molecule has 1 aromatic heterocycles. The minimum absolute atomic E-state index is 0.0149. The van der Waals surface area contributed by atoms with Crippen molar-refractivity contribution in [1.29, 1.82) is 0 Å². The number of amides is 1. The summed E-state index contributed by atoms with van der Waals surface area (Å²) in [4.78, 5) is 32.4. The number of hydrogen-bond donors (Lipinski definition) is 1. The highest BCUT2D eigenvalue weighted by Crippen LogP contribution is 2.17. The average molecular weight is 339 g/mol. The standard InChI is InChI=1S/C16H25N3O3S/c1-9(2)17-15(21)12(5)22-14(20)8-7-13-10(3)18-16(23-6)19-11(13)4/h9,12H,7-8H2,1-6H3,(H,17,21). The van der Waals surface area contributed by atoms with Crippen LogP contribution in [0.15, 0.2) is 5.16 Å². The summed E-state index contributed by atoms with van der Waals surface area (Å²) in [7, 11) is 0. The van der Waals surface area contributed by atoms with Crippen molar-refractivity contribution in [3.8, 4) is 0 Å². The molecule has 0 aliphatic heterocycles. The van der Waals surface area contributed by atoms with E-state index in [1.807, 2.05) is 34.0 Å². The van der Waals surface area contributed by atoms with E-state index in [4.69, 9.17) is 4.74 Å². The molecule has 0 radical (unpaired) electrons. The predicted molar refractivity (Wildman–Crippen MR) is 90.4 cm³/mol. The highest BCUT2D eigenvalue weighted by atomic mass is 32.2. The van der Waals surface area contributed by atoms with Gasteiger partial charge in [0.2, 0.25) is 0 Å². The summed E-state index contributed by atoms with van der Waals surface area (Å²) in [5.41, 5.74) is 2.71. The largest absolute Gasteiger partial charge is 0.453 e. The SMILES string of the molecule is CSc1nc(C)c(CCC(=O)OC(C)C(=O)NC(C)C)c(C)n1. The number of carbonyl (C=O) groups is 2. The van der Waals surface area contributed by atoms with E-state index in [1.165, 1.54) is 11.8 Å². The number of aromatic nitrogens is 2. The second-order valence-corrected chi connectivity index (χ2v) is 6.43. The van der Waals surface area contributed by atoms with Crippen molar-refractivity contribution in [3.63, 3.8) is 0 Å². The summed E-state index contributed by atoms with van der Waals surface area (Å²) < 4.78 is 5.16. The van der Waals surface area contributed by atoms with Crippen LogP contribution in [0.25, 0.3) is 0 Å². The van der Waals surface area contributed by atoms with Gasteiger partial charge in [-0.1, -0.05) is 11.8 Å². The van der Waals surface area contributed by atoms with Gasteiger partial charge in [-0.05, 0) is 52.9 Å². The fourth-order valence-electron chi connectivity index (χ4n) is 2.10. The van der Waals surface area contributed by atoms with E-state index in [2.05, 4.69) is 15.3 Å². The van der Waals surface area contributed by atoms with Crippen molar-refractivity contribution >= 4 is 23.6 Å². The zero-order valence-corrected chi connectivity index (χ0v) is 15.4. The molecule has 1 atom stereocenters. The zero-order valence-electron chi connectivity index (χ0n) is 14.6. The minimum Gasteiger partial charge on any atom is -0.453 e. The molecule has 1 aromatic rings. The van der Waals surface area contributed by atoms with Crippen LogP contribution in [-0.2, 0) is 20.7 Å². The summed E-state index contributed by atoms with van der Waals surface area (Å²) in [5, 5.41) is 3.44. The lowest BCUT2D eigenvalue weighted by Gasteiger charge is -2.15. The third kappa shape index (κ3) is 6.17. The van der Waals surface area contributed by atoms with Crippen LogP contribution in [0.3, 0.4) is 0 Å². The second-order valence-electron chi connectivity index (χ2n) is 5.66. The molecule has 1 unspecified atom stereocenters. The quantitative estimate of drug-likeness (QED) is 0.466. The molecule has 23 heavy (non-hydrogen) atoms. The Balaban J connectivity index is 2.58. The molecule has 0 aliphatic carbocycles. The number of thioether (sulfide) groups is 1. The number of esters is 1. The van der Waals surface area contributed by atoms with E-state index >= 15 is 0 Å². The maximum absolute atomic E-state index is 11.9. The number of hydrogen-bond acceptors (Lipinski definition) is 6. The van der Waals surface area contributed by atoms with Crippen molar-refractivity contribution in [2.75, 3.05) is 6.26 Å². The molecule has 1 heterocycles. The smallest absolute Gasteiger partial charge is 0.306 e. The zero-order chi connectivity index (χ0) is 17.6. The third-order valence-corrected chi connectivity index (χ3v) is 3.82. The van der Waals surface area contributed by atoms with Crippen LogP contribution in [-0.4, -0.2) is 40.2 Å². The lowest BCUT2D eigenvalue weighted by atomic mass is 10.1. The molecule has 0 saturated heterocycles. The molecule has 0 spiro atoms. The summed E-state index contributed by atoms with van der Waals surface area (Å²) in [6.07, 6.45) is 1.84. The molecule has 0 saturated carbocycles. The van der Waals surface area contributed by atoms with Crippen LogP contribution in [0.2, 0.25) is 0 Å². The van der Waals surface area contributed by atoms with Crippen LogP contribution in [0, 0.1) is 13.8 Å². The summed E-state index contributed by atoms with van der Waals surface area (Å²) in [6, 6.07) is 0.0149. The van der Waals surface area contributed by atoms with Crippen molar-refractivity contribution in [1.82, 2.24) is 15.3 Å². The van der Waals surface area contributed by atoms with Crippen LogP contribution in [0.1, 0.15) is 44.1 Å². The minimum atomic E-state index is -0.790. The molecule has 1 amide bonds. The molecule has 0 aliphatic rings. The van der Waals surface area contributed by atoms with E-state index in [-0.39, 0.29) is 18.4 Å². The van der Waals surface area contributed by atoms with Crippen molar-refractivity contribution in [2.24, 2.45) is 0 Å². The van der Waals surface area contributed by atoms with Gasteiger partial charge in [-0.15, -0.1) is 0 Å². The highest BCUT2D eigenvalue weighted by molar-refractivity contribution is 7.98. The van der Waals surface area contributed by atoms with Crippen molar-refractivity contribution < 1.29 is 14.3 Å². The monoisotopic (exact) mass is 339 g/mol. The first kappa shape index (κ1) is 19.4. The van der Waals surface area contributed by atoms with Gasteiger partial charge in [-0.25, -0.2) is 9.97 Å². The van der Waals surface area contributed by atoms with Gasteiger partial charge in [-0.2, -0.15) is 0 Å². The highest BCUT2D eigenvalue weighted by Gasteiger charge is 2.19. The first-order valence-electron chi connectivity index (χ1n) is 7.62. The molecular formula is C16H25N3O3S. The second kappa shape index (κ2) is 8.86. The van der Waals surface area contributed by atoms with Crippen molar-refractivity contribution in [3.05, 3.63) is 17.0 Å². The number of carbonyl (C=O) groups excluding carboxylic acids is 2. The van der Waals surface area contributed by atoms with Gasteiger partial charge in [0, 0.05) is 23.9 Å². The van der Waals surface area contributed by atoms with E-state index in [0.717, 1.165) is 22.1 Å². The van der Waals surface area contributed by atoms with Gasteiger partial charge in [0.15, 0.2) is 11.3 Å². The summed E-state index contributed by atoms with van der Waals surface area (Å²) >= 11 is 1.49. The number of aryl methyl sites for hydroxylation is 2.